The van der Waals surface area contributed by atoms with E-state index in [1.807, 2.05) is 72.8 Å². The molecule has 2 amide bonds. The molecule has 0 fully saturated rings. The van der Waals surface area contributed by atoms with Crippen LogP contribution >= 0.6 is 0 Å². The van der Waals surface area contributed by atoms with Crippen LogP contribution in [0.3, 0.4) is 0 Å². The zero-order chi connectivity index (χ0) is 22.3. The molecular weight excluding hydrogens is 402 g/mol. The molecule has 1 aromatic heterocycles. The number of aromatic amines is 1. The van der Waals surface area contributed by atoms with Gasteiger partial charge in [0.15, 0.2) is 0 Å². The Morgan fingerprint density at radius 2 is 1.66 bits per heavy atom. The standard InChI is InChI=1S/C25H25N5O2/c26-22(12-17-6-2-1-3-7-17)24(31)30-23(14-21-15-27-16-28-21)25(32)29-20-11-10-18-8-4-5-9-19(18)13-20/h1-11,13,15-16,22-23H,12,14,26H2,(H,27,28)(H,29,32)(H,30,31)/t22-,23-/m0/s1. The van der Waals surface area contributed by atoms with Crippen LogP contribution in [0.5, 0.6) is 0 Å². The molecule has 32 heavy (non-hydrogen) atoms. The topological polar surface area (TPSA) is 113 Å². The molecule has 1 heterocycles. The predicted molar refractivity (Wildman–Crippen MR) is 125 cm³/mol. The number of nitrogens with zero attached hydrogens (tertiary/aromatic N) is 1. The molecule has 0 spiro atoms. The molecule has 0 radical (unpaired) electrons. The van der Waals surface area contributed by atoms with Gasteiger partial charge >= 0.3 is 0 Å². The Morgan fingerprint density at radius 3 is 2.41 bits per heavy atom. The molecule has 4 rings (SSSR count). The van der Waals surface area contributed by atoms with Crippen LogP contribution in [0, 0.1) is 0 Å². The summed E-state index contributed by atoms with van der Waals surface area (Å²) in [5.74, 6) is -0.706. The second kappa shape index (κ2) is 9.89. The molecule has 7 heteroatoms. The van der Waals surface area contributed by atoms with E-state index in [0.29, 0.717) is 12.1 Å². The summed E-state index contributed by atoms with van der Waals surface area (Å²) in [6, 6.07) is 21.6. The van der Waals surface area contributed by atoms with E-state index in [1.165, 1.54) is 6.33 Å². The van der Waals surface area contributed by atoms with Gasteiger partial charge in [-0.05, 0) is 34.9 Å². The normalized spacial score (nSPS) is 12.8. The van der Waals surface area contributed by atoms with Gasteiger partial charge in [0, 0.05) is 24.0 Å². The van der Waals surface area contributed by atoms with Crippen LogP contribution in [0.2, 0.25) is 0 Å². The first-order valence-corrected chi connectivity index (χ1v) is 10.5. The first-order chi connectivity index (χ1) is 15.6. The second-order valence-corrected chi connectivity index (χ2v) is 7.69. The lowest BCUT2D eigenvalue weighted by atomic mass is 10.0. The number of anilines is 1. The van der Waals surface area contributed by atoms with Crippen LogP contribution in [0.1, 0.15) is 11.3 Å². The van der Waals surface area contributed by atoms with E-state index < -0.39 is 12.1 Å². The highest BCUT2D eigenvalue weighted by Crippen LogP contribution is 2.19. The number of fused-ring (bicyclic) bond motifs is 1. The number of hydrogen-bond donors (Lipinski definition) is 4. The summed E-state index contributed by atoms with van der Waals surface area (Å²) in [6.45, 7) is 0. The summed E-state index contributed by atoms with van der Waals surface area (Å²) < 4.78 is 0. The van der Waals surface area contributed by atoms with E-state index in [9.17, 15) is 9.59 Å². The van der Waals surface area contributed by atoms with E-state index in [-0.39, 0.29) is 18.2 Å². The number of imidazole rings is 1. The molecule has 0 bridgehead atoms. The monoisotopic (exact) mass is 427 g/mol. The van der Waals surface area contributed by atoms with Gasteiger partial charge in [0.05, 0.1) is 12.4 Å². The maximum absolute atomic E-state index is 13.1. The molecule has 7 nitrogen and oxygen atoms in total. The van der Waals surface area contributed by atoms with Gasteiger partial charge in [-0.15, -0.1) is 0 Å². The number of carbonyl (C=O) groups is 2. The average Bonchev–Trinajstić information content (AvgIpc) is 3.32. The molecule has 162 valence electrons. The van der Waals surface area contributed by atoms with Crippen LogP contribution < -0.4 is 16.4 Å². The maximum atomic E-state index is 13.1. The lowest BCUT2D eigenvalue weighted by Gasteiger charge is -2.20. The molecule has 0 unspecified atom stereocenters. The highest BCUT2D eigenvalue weighted by atomic mass is 16.2. The Morgan fingerprint density at radius 1 is 0.906 bits per heavy atom. The van der Waals surface area contributed by atoms with Gasteiger partial charge < -0.3 is 21.4 Å². The molecule has 0 aliphatic heterocycles. The summed E-state index contributed by atoms with van der Waals surface area (Å²) in [6.07, 6.45) is 3.82. The first kappa shape index (κ1) is 21.3. The molecule has 2 atom stereocenters. The van der Waals surface area contributed by atoms with Gasteiger partial charge in [-0.3, -0.25) is 9.59 Å². The molecule has 4 aromatic rings. The number of amides is 2. The second-order valence-electron chi connectivity index (χ2n) is 7.69. The van der Waals surface area contributed by atoms with Crippen molar-refractivity contribution in [3.63, 3.8) is 0 Å². The summed E-state index contributed by atoms with van der Waals surface area (Å²) >= 11 is 0. The molecular formula is C25H25N5O2. The van der Waals surface area contributed by atoms with Gasteiger partial charge in [0.25, 0.3) is 0 Å². The number of nitrogens with one attached hydrogen (secondary N) is 3. The van der Waals surface area contributed by atoms with Gasteiger partial charge in [-0.1, -0.05) is 60.7 Å². The quantitative estimate of drug-likeness (QED) is 0.346. The molecule has 0 aliphatic carbocycles. The summed E-state index contributed by atoms with van der Waals surface area (Å²) in [5, 5.41) is 7.82. The van der Waals surface area contributed by atoms with Crippen molar-refractivity contribution in [3.8, 4) is 0 Å². The predicted octanol–water partition coefficient (Wildman–Crippen LogP) is 2.80. The minimum absolute atomic E-state index is 0.267. The molecule has 5 N–H and O–H groups in total. The van der Waals surface area contributed by atoms with E-state index in [4.69, 9.17) is 5.73 Å². The first-order valence-electron chi connectivity index (χ1n) is 10.5. The minimum Gasteiger partial charge on any atom is -0.348 e. The molecule has 0 aliphatic rings. The van der Waals surface area contributed by atoms with E-state index >= 15 is 0 Å². The van der Waals surface area contributed by atoms with E-state index in [2.05, 4.69) is 20.6 Å². The lowest BCUT2D eigenvalue weighted by molar-refractivity contribution is -0.127. The SMILES string of the molecule is N[C@@H](Cc1ccccc1)C(=O)N[C@@H](Cc1cnc[nH]1)C(=O)Nc1ccc2ccccc2c1. The van der Waals surface area contributed by atoms with Crippen molar-refractivity contribution >= 4 is 28.3 Å². The number of rotatable bonds is 8. The maximum Gasteiger partial charge on any atom is 0.247 e. The third kappa shape index (κ3) is 5.39. The molecule has 0 saturated heterocycles. The fourth-order valence-corrected chi connectivity index (χ4v) is 3.56. The summed E-state index contributed by atoms with van der Waals surface area (Å²) in [5.41, 5.74) is 8.48. The van der Waals surface area contributed by atoms with Crippen molar-refractivity contribution in [2.75, 3.05) is 5.32 Å². The van der Waals surface area contributed by atoms with Crippen molar-refractivity contribution in [1.29, 1.82) is 0 Å². The van der Waals surface area contributed by atoms with Crippen molar-refractivity contribution in [2.45, 2.75) is 24.9 Å². The van der Waals surface area contributed by atoms with Gasteiger partial charge in [-0.25, -0.2) is 4.98 Å². The Labute approximate surface area is 186 Å². The third-order valence-electron chi connectivity index (χ3n) is 5.26. The van der Waals surface area contributed by atoms with Crippen LogP contribution in [-0.2, 0) is 22.4 Å². The Hall–Kier alpha value is -3.97. The number of hydrogen-bond acceptors (Lipinski definition) is 4. The number of H-pyrrole nitrogens is 1. The van der Waals surface area contributed by atoms with Crippen molar-refractivity contribution in [1.82, 2.24) is 15.3 Å². The van der Waals surface area contributed by atoms with Crippen molar-refractivity contribution in [2.24, 2.45) is 5.73 Å². The fourth-order valence-electron chi connectivity index (χ4n) is 3.56. The van der Waals surface area contributed by atoms with Gasteiger partial charge in [-0.2, -0.15) is 0 Å². The Balaban J connectivity index is 1.47. The zero-order valence-corrected chi connectivity index (χ0v) is 17.5. The summed E-state index contributed by atoms with van der Waals surface area (Å²) in [7, 11) is 0. The summed E-state index contributed by atoms with van der Waals surface area (Å²) in [4.78, 5) is 32.8. The minimum atomic E-state index is -0.809. The van der Waals surface area contributed by atoms with Crippen LogP contribution in [0.25, 0.3) is 10.8 Å². The lowest BCUT2D eigenvalue weighted by Crippen LogP contribution is -2.51. The van der Waals surface area contributed by atoms with E-state index in [1.54, 1.807) is 6.20 Å². The van der Waals surface area contributed by atoms with Crippen molar-refractivity contribution in [3.05, 3.63) is 96.6 Å². The Kier molecular flexibility index (Phi) is 6.57. The highest BCUT2D eigenvalue weighted by molar-refractivity contribution is 5.99. The number of nitrogens with two attached hydrogens (primary N) is 1. The average molecular weight is 428 g/mol. The number of aromatic nitrogens is 2. The number of carbonyl (C=O) groups excluding carboxylic acids is 2. The smallest absolute Gasteiger partial charge is 0.247 e. The largest absolute Gasteiger partial charge is 0.348 e. The van der Waals surface area contributed by atoms with Gasteiger partial charge in [0.2, 0.25) is 11.8 Å². The highest BCUT2D eigenvalue weighted by Gasteiger charge is 2.25. The number of benzene rings is 3. The van der Waals surface area contributed by atoms with Crippen LogP contribution in [0.4, 0.5) is 5.69 Å². The molecule has 3 aromatic carbocycles. The van der Waals surface area contributed by atoms with Crippen LogP contribution in [-0.4, -0.2) is 33.9 Å². The molecule has 0 saturated carbocycles. The van der Waals surface area contributed by atoms with Gasteiger partial charge in [0.1, 0.15) is 6.04 Å². The van der Waals surface area contributed by atoms with Crippen molar-refractivity contribution < 1.29 is 9.59 Å². The third-order valence-corrected chi connectivity index (χ3v) is 5.26. The van der Waals surface area contributed by atoms with E-state index in [0.717, 1.165) is 22.0 Å². The van der Waals surface area contributed by atoms with Crippen LogP contribution in [0.15, 0.2) is 85.3 Å². The zero-order valence-electron chi connectivity index (χ0n) is 17.5. The fraction of sp³-hybridized carbons (Fsp3) is 0.160. The Bertz CT molecular complexity index is 1190.